The molecule has 0 aliphatic carbocycles. The van der Waals surface area contributed by atoms with Gasteiger partial charge in [0.2, 0.25) is 6.20 Å². The molecule has 1 N–H and O–H groups in total. The summed E-state index contributed by atoms with van der Waals surface area (Å²) >= 11 is 0. The van der Waals surface area contributed by atoms with Gasteiger partial charge < -0.3 is 0 Å². The summed E-state index contributed by atoms with van der Waals surface area (Å²) in [7, 11) is 0. The van der Waals surface area contributed by atoms with E-state index in [9.17, 15) is 5.21 Å². The largest absolute Gasteiger partial charge is 0.285 e. The van der Waals surface area contributed by atoms with Crippen molar-refractivity contribution < 1.29 is 9.94 Å². The second-order valence-corrected chi connectivity index (χ2v) is 3.06. The SMILES string of the molecule is CCc1cc[n+](O)c2ccccc12. The van der Waals surface area contributed by atoms with E-state index in [0.717, 1.165) is 22.1 Å². The van der Waals surface area contributed by atoms with Crippen molar-refractivity contribution >= 4 is 10.9 Å². The lowest BCUT2D eigenvalue weighted by molar-refractivity contribution is -0.884. The van der Waals surface area contributed by atoms with Crippen LogP contribution >= 0.6 is 0 Å². The summed E-state index contributed by atoms with van der Waals surface area (Å²) in [4.78, 5) is 0. The minimum absolute atomic E-state index is 0.863. The Bertz CT molecular complexity index is 437. The first-order valence-electron chi connectivity index (χ1n) is 4.44. The molecule has 2 rings (SSSR count). The molecule has 2 nitrogen and oxygen atoms in total. The lowest BCUT2D eigenvalue weighted by Gasteiger charge is -1.98. The fraction of sp³-hybridized carbons (Fsp3) is 0.182. The Morgan fingerprint density at radius 3 is 2.77 bits per heavy atom. The molecule has 2 heteroatoms. The number of rotatable bonds is 1. The quantitative estimate of drug-likeness (QED) is 0.518. The number of aromatic nitrogens is 1. The first kappa shape index (κ1) is 8.05. The summed E-state index contributed by atoms with van der Waals surface area (Å²) in [6.45, 7) is 2.11. The molecule has 0 fully saturated rings. The topological polar surface area (TPSA) is 24.1 Å². The average Bonchev–Trinajstić information content (AvgIpc) is 2.19. The Balaban J connectivity index is 2.84. The van der Waals surface area contributed by atoms with Gasteiger partial charge in [0.05, 0.1) is 5.39 Å². The second kappa shape index (κ2) is 3.05. The summed E-state index contributed by atoms with van der Waals surface area (Å²) < 4.78 is 1.16. The van der Waals surface area contributed by atoms with Crippen molar-refractivity contribution in [2.75, 3.05) is 0 Å². The molecule has 13 heavy (non-hydrogen) atoms. The van der Waals surface area contributed by atoms with Crippen molar-refractivity contribution in [3.05, 3.63) is 42.1 Å². The first-order chi connectivity index (χ1) is 6.33. The van der Waals surface area contributed by atoms with Crippen molar-refractivity contribution in [2.24, 2.45) is 0 Å². The molecule has 0 amide bonds. The molecule has 0 saturated heterocycles. The van der Waals surface area contributed by atoms with E-state index in [-0.39, 0.29) is 0 Å². The molecule has 1 aromatic carbocycles. The second-order valence-electron chi connectivity index (χ2n) is 3.06. The van der Waals surface area contributed by atoms with Crippen molar-refractivity contribution in [1.82, 2.24) is 0 Å². The van der Waals surface area contributed by atoms with E-state index < -0.39 is 0 Å². The zero-order valence-electron chi connectivity index (χ0n) is 7.57. The standard InChI is InChI=1S/C11H12NO/c1-2-9-7-8-12(13)11-6-4-3-5-10(9)11/h3-8,13H,2H2,1H3/q+1. The Kier molecular flexibility index (Phi) is 1.89. The van der Waals surface area contributed by atoms with Crippen LogP contribution in [-0.4, -0.2) is 5.21 Å². The lowest BCUT2D eigenvalue weighted by Crippen LogP contribution is -2.30. The minimum Gasteiger partial charge on any atom is -0.285 e. The van der Waals surface area contributed by atoms with Crippen molar-refractivity contribution in [3.8, 4) is 0 Å². The van der Waals surface area contributed by atoms with E-state index in [0.29, 0.717) is 0 Å². The number of nitrogens with zero attached hydrogens (tertiary/aromatic N) is 1. The van der Waals surface area contributed by atoms with Gasteiger partial charge in [-0.25, -0.2) is 0 Å². The summed E-state index contributed by atoms with van der Waals surface area (Å²) in [5, 5.41) is 10.6. The number of fused-ring (bicyclic) bond motifs is 1. The lowest BCUT2D eigenvalue weighted by atomic mass is 10.1. The average molecular weight is 174 g/mol. The van der Waals surface area contributed by atoms with E-state index in [1.165, 1.54) is 5.56 Å². The molecular formula is C11H12NO+. The van der Waals surface area contributed by atoms with Crippen LogP contribution in [0.3, 0.4) is 0 Å². The molecule has 0 bridgehead atoms. The fourth-order valence-corrected chi connectivity index (χ4v) is 1.58. The van der Waals surface area contributed by atoms with E-state index in [4.69, 9.17) is 0 Å². The molecule has 0 unspecified atom stereocenters. The first-order valence-corrected chi connectivity index (χ1v) is 4.44. The van der Waals surface area contributed by atoms with E-state index in [2.05, 4.69) is 6.92 Å². The molecular weight excluding hydrogens is 162 g/mol. The third kappa shape index (κ3) is 1.24. The highest BCUT2D eigenvalue weighted by atomic mass is 16.5. The molecule has 2 aromatic rings. The van der Waals surface area contributed by atoms with Crippen LogP contribution < -0.4 is 4.73 Å². The Labute approximate surface area is 77.0 Å². The molecule has 0 aliphatic rings. The Morgan fingerprint density at radius 2 is 2.00 bits per heavy atom. The van der Waals surface area contributed by atoms with E-state index in [1.54, 1.807) is 6.20 Å². The van der Waals surface area contributed by atoms with Gasteiger partial charge >= 0.3 is 0 Å². The smallest absolute Gasteiger partial charge is 0.264 e. The Hall–Kier alpha value is -1.57. The molecule has 0 spiro atoms. The maximum absolute atomic E-state index is 9.51. The van der Waals surface area contributed by atoms with Gasteiger partial charge in [-0.05, 0) is 18.1 Å². The fourth-order valence-electron chi connectivity index (χ4n) is 1.58. The molecule has 0 atom stereocenters. The van der Waals surface area contributed by atoms with Gasteiger partial charge in [-0.1, -0.05) is 19.1 Å². The van der Waals surface area contributed by atoms with Crippen LogP contribution in [0.2, 0.25) is 0 Å². The summed E-state index contributed by atoms with van der Waals surface area (Å²) in [5.74, 6) is 0. The van der Waals surface area contributed by atoms with Crippen LogP contribution in [0.5, 0.6) is 0 Å². The van der Waals surface area contributed by atoms with Crippen LogP contribution in [0.25, 0.3) is 10.9 Å². The highest BCUT2D eigenvalue weighted by Crippen LogP contribution is 2.14. The normalized spacial score (nSPS) is 10.5. The number of para-hydroxylation sites is 1. The molecule has 0 radical (unpaired) electrons. The van der Waals surface area contributed by atoms with Gasteiger partial charge in [-0.2, -0.15) is 0 Å². The molecule has 0 aliphatic heterocycles. The van der Waals surface area contributed by atoms with E-state index in [1.807, 2.05) is 30.3 Å². The van der Waals surface area contributed by atoms with Gasteiger partial charge in [-0.3, -0.25) is 5.21 Å². The predicted octanol–water partition coefficient (Wildman–Crippen LogP) is 1.93. The van der Waals surface area contributed by atoms with E-state index >= 15 is 0 Å². The number of hydrogen-bond acceptors (Lipinski definition) is 1. The molecule has 0 saturated carbocycles. The van der Waals surface area contributed by atoms with Crippen molar-refractivity contribution in [2.45, 2.75) is 13.3 Å². The predicted molar refractivity (Wildman–Crippen MR) is 50.7 cm³/mol. The minimum atomic E-state index is 0.863. The number of pyridine rings is 1. The maximum Gasteiger partial charge on any atom is 0.264 e. The van der Waals surface area contributed by atoms with Crippen LogP contribution in [-0.2, 0) is 6.42 Å². The van der Waals surface area contributed by atoms with Gasteiger partial charge in [0.25, 0.3) is 5.52 Å². The summed E-state index contributed by atoms with van der Waals surface area (Å²) in [5.41, 5.74) is 2.13. The van der Waals surface area contributed by atoms with Gasteiger partial charge in [-0.15, -0.1) is 0 Å². The van der Waals surface area contributed by atoms with Gasteiger partial charge in [0.1, 0.15) is 0 Å². The van der Waals surface area contributed by atoms with Crippen LogP contribution in [0.1, 0.15) is 12.5 Å². The van der Waals surface area contributed by atoms with Crippen LogP contribution in [0, 0.1) is 0 Å². The number of aryl methyl sites for hydroxylation is 1. The van der Waals surface area contributed by atoms with Gasteiger partial charge in [0, 0.05) is 16.9 Å². The van der Waals surface area contributed by atoms with Crippen LogP contribution in [0.15, 0.2) is 36.5 Å². The highest BCUT2D eigenvalue weighted by Gasteiger charge is 2.09. The monoisotopic (exact) mass is 174 g/mol. The molecule has 1 aromatic heterocycles. The maximum atomic E-state index is 9.51. The zero-order chi connectivity index (χ0) is 9.26. The highest BCUT2D eigenvalue weighted by molar-refractivity contribution is 5.79. The van der Waals surface area contributed by atoms with Crippen molar-refractivity contribution in [3.63, 3.8) is 0 Å². The van der Waals surface area contributed by atoms with Crippen LogP contribution in [0.4, 0.5) is 0 Å². The number of benzene rings is 1. The third-order valence-corrected chi connectivity index (χ3v) is 2.29. The molecule has 66 valence electrons. The molecule has 1 heterocycles. The summed E-state index contributed by atoms with van der Waals surface area (Å²) in [6.07, 6.45) is 2.67. The van der Waals surface area contributed by atoms with Crippen molar-refractivity contribution in [1.29, 1.82) is 0 Å². The third-order valence-electron chi connectivity index (χ3n) is 2.29. The summed E-state index contributed by atoms with van der Waals surface area (Å²) in [6, 6.07) is 9.80. The van der Waals surface area contributed by atoms with Gasteiger partial charge in [0.15, 0.2) is 0 Å². The number of hydrogen-bond donors (Lipinski definition) is 1. The zero-order valence-corrected chi connectivity index (χ0v) is 7.57. The Morgan fingerprint density at radius 1 is 1.23 bits per heavy atom.